The van der Waals surface area contributed by atoms with E-state index in [1.165, 1.54) is 4.31 Å². The summed E-state index contributed by atoms with van der Waals surface area (Å²) in [7, 11) is -1.84. The SMILES string of the molecule is C=CCc1cc(C(=O)NCCOc2ccc(S(=O)(=O)N3CCCC3)cc2)ccc1OC. The first-order valence-corrected chi connectivity index (χ1v) is 11.7. The molecular weight excluding hydrogens is 416 g/mol. The van der Waals surface area contributed by atoms with Gasteiger partial charge in [0.1, 0.15) is 18.1 Å². The highest BCUT2D eigenvalue weighted by Crippen LogP contribution is 2.23. The summed E-state index contributed by atoms with van der Waals surface area (Å²) >= 11 is 0. The minimum absolute atomic E-state index is 0.205. The van der Waals surface area contributed by atoms with E-state index in [0.29, 0.717) is 37.4 Å². The van der Waals surface area contributed by atoms with Crippen molar-refractivity contribution in [3.63, 3.8) is 0 Å². The zero-order valence-electron chi connectivity index (χ0n) is 17.7. The van der Waals surface area contributed by atoms with Gasteiger partial charge in [0.25, 0.3) is 5.91 Å². The number of allylic oxidation sites excluding steroid dienone is 1. The zero-order valence-corrected chi connectivity index (χ0v) is 18.5. The van der Waals surface area contributed by atoms with Crippen LogP contribution in [0.2, 0.25) is 0 Å². The molecule has 0 spiro atoms. The highest BCUT2D eigenvalue weighted by atomic mass is 32.2. The summed E-state index contributed by atoms with van der Waals surface area (Å²) in [5.41, 5.74) is 1.43. The molecular formula is C23H28N2O5S. The molecule has 0 saturated carbocycles. The van der Waals surface area contributed by atoms with E-state index in [9.17, 15) is 13.2 Å². The van der Waals surface area contributed by atoms with Gasteiger partial charge in [0.15, 0.2) is 0 Å². The fourth-order valence-electron chi connectivity index (χ4n) is 3.46. The van der Waals surface area contributed by atoms with Crippen LogP contribution in [0.5, 0.6) is 11.5 Å². The average molecular weight is 445 g/mol. The van der Waals surface area contributed by atoms with Gasteiger partial charge in [0.05, 0.1) is 18.6 Å². The molecule has 0 aliphatic carbocycles. The summed E-state index contributed by atoms with van der Waals surface area (Å²) in [5, 5.41) is 2.82. The third-order valence-corrected chi connectivity index (χ3v) is 7.00. The highest BCUT2D eigenvalue weighted by Gasteiger charge is 2.26. The fraction of sp³-hybridized carbons (Fsp3) is 0.348. The smallest absolute Gasteiger partial charge is 0.251 e. The molecule has 1 N–H and O–H groups in total. The molecule has 0 bridgehead atoms. The van der Waals surface area contributed by atoms with E-state index >= 15 is 0 Å². The quantitative estimate of drug-likeness (QED) is 0.450. The maximum absolute atomic E-state index is 12.5. The third-order valence-electron chi connectivity index (χ3n) is 5.09. The summed E-state index contributed by atoms with van der Waals surface area (Å²) in [4.78, 5) is 12.7. The van der Waals surface area contributed by atoms with E-state index in [0.717, 1.165) is 24.2 Å². The molecule has 1 heterocycles. The molecule has 1 aliphatic heterocycles. The van der Waals surface area contributed by atoms with Crippen molar-refractivity contribution in [2.75, 3.05) is 33.4 Å². The van der Waals surface area contributed by atoms with Crippen molar-refractivity contribution in [1.82, 2.24) is 9.62 Å². The minimum atomic E-state index is -3.43. The first-order valence-electron chi connectivity index (χ1n) is 10.2. The average Bonchev–Trinajstić information content (AvgIpc) is 3.33. The Morgan fingerprint density at radius 1 is 1.16 bits per heavy atom. The summed E-state index contributed by atoms with van der Waals surface area (Å²) in [6, 6.07) is 11.6. The number of nitrogens with one attached hydrogen (secondary N) is 1. The minimum Gasteiger partial charge on any atom is -0.496 e. The lowest BCUT2D eigenvalue weighted by Crippen LogP contribution is -2.28. The monoisotopic (exact) mass is 444 g/mol. The number of benzene rings is 2. The maximum atomic E-state index is 12.5. The Labute approximate surface area is 183 Å². The van der Waals surface area contributed by atoms with Gasteiger partial charge in [0, 0.05) is 18.7 Å². The first kappa shape index (κ1) is 22.8. The second-order valence-corrected chi connectivity index (χ2v) is 9.14. The molecule has 166 valence electrons. The number of ether oxygens (including phenoxy) is 2. The molecule has 1 saturated heterocycles. The topological polar surface area (TPSA) is 84.9 Å². The number of carbonyl (C=O) groups is 1. The number of carbonyl (C=O) groups excluding carboxylic acids is 1. The molecule has 0 atom stereocenters. The number of rotatable bonds is 10. The van der Waals surface area contributed by atoms with Gasteiger partial charge >= 0.3 is 0 Å². The standard InChI is InChI=1S/C23H28N2O5S/c1-3-6-18-17-19(7-12-22(18)29-2)23(26)24-13-16-30-20-8-10-21(11-9-20)31(27,28)25-14-4-5-15-25/h3,7-12,17H,1,4-6,13-16H2,2H3,(H,24,26). The molecule has 3 rings (SSSR count). The van der Waals surface area contributed by atoms with E-state index in [1.54, 1.807) is 55.7 Å². The van der Waals surface area contributed by atoms with Crippen LogP contribution in [0, 0.1) is 0 Å². The van der Waals surface area contributed by atoms with Crippen LogP contribution >= 0.6 is 0 Å². The van der Waals surface area contributed by atoms with Gasteiger partial charge in [-0.25, -0.2) is 8.42 Å². The van der Waals surface area contributed by atoms with Gasteiger partial charge < -0.3 is 14.8 Å². The molecule has 1 aliphatic rings. The summed E-state index contributed by atoms with van der Waals surface area (Å²) < 4.78 is 37.5. The Hall–Kier alpha value is -2.84. The van der Waals surface area contributed by atoms with Crippen molar-refractivity contribution in [3.8, 4) is 11.5 Å². The van der Waals surface area contributed by atoms with Gasteiger partial charge in [0.2, 0.25) is 10.0 Å². The van der Waals surface area contributed by atoms with Crippen molar-refractivity contribution in [2.24, 2.45) is 0 Å². The summed E-state index contributed by atoms with van der Waals surface area (Å²) in [6.45, 7) is 5.45. The van der Waals surface area contributed by atoms with Crippen LogP contribution in [-0.2, 0) is 16.4 Å². The van der Waals surface area contributed by atoms with Crippen molar-refractivity contribution in [3.05, 3.63) is 66.2 Å². The Balaban J connectivity index is 1.50. The molecule has 0 aromatic heterocycles. The van der Waals surface area contributed by atoms with Crippen molar-refractivity contribution in [1.29, 1.82) is 0 Å². The Morgan fingerprint density at radius 3 is 2.52 bits per heavy atom. The predicted octanol–water partition coefficient (Wildman–Crippen LogP) is 3.02. The van der Waals surface area contributed by atoms with Crippen LogP contribution in [-0.4, -0.2) is 52.0 Å². The van der Waals surface area contributed by atoms with Crippen molar-refractivity contribution < 1.29 is 22.7 Å². The van der Waals surface area contributed by atoms with Gasteiger partial charge in [-0.3, -0.25) is 4.79 Å². The Bertz CT molecular complexity index is 1010. The molecule has 0 radical (unpaired) electrons. The number of hydrogen-bond donors (Lipinski definition) is 1. The molecule has 0 unspecified atom stereocenters. The van der Waals surface area contributed by atoms with E-state index in [1.807, 2.05) is 0 Å². The van der Waals surface area contributed by atoms with Gasteiger partial charge in [-0.1, -0.05) is 6.08 Å². The Morgan fingerprint density at radius 2 is 1.87 bits per heavy atom. The largest absolute Gasteiger partial charge is 0.496 e. The number of hydrogen-bond acceptors (Lipinski definition) is 5. The molecule has 1 amide bonds. The number of sulfonamides is 1. The second kappa shape index (κ2) is 10.5. The predicted molar refractivity (Wildman–Crippen MR) is 119 cm³/mol. The van der Waals surface area contributed by atoms with Crippen LogP contribution in [0.3, 0.4) is 0 Å². The lowest BCUT2D eigenvalue weighted by Gasteiger charge is -2.15. The summed E-state index contributed by atoms with van der Waals surface area (Å²) in [6.07, 6.45) is 4.17. The van der Waals surface area contributed by atoms with Gasteiger partial charge in [-0.2, -0.15) is 4.31 Å². The molecule has 31 heavy (non-hydrogen) atoms. The fourth-order valence-corrected chi connectivity index (χ4v) is 4.97. The van der Waals surface area contributed by atoms with Crippen molar-refractivity contribution in [2.45, 2.75) is 24.2 Å². The van der Waals surface area contributed by atoms with Crippen LogP contribution < -0.4 is 14.8 Å². The van der Waals surface area contributed by atoms with E-state index in [2.05, 4.69) is 11.9 Å². The van der Waals surface area contributed by atoms with Crippen molar-refractivity contribution >= 4 is 15.9 Å². The van der Waals surface area contributed by atoms with Gasteiger partial charge in [-0.05, 0) is 67.3 Å². The van der Waals surface area contributed by atoms with Crippen LogP contribution in [0.15, 0.2) is 60.0 Å². The summed E-state index contributed by atoms with van der Waals surface area (Å²) in [5.74, 6) is 1.06. The third kappa shape index (κ3) is 5.65. The highest BCUT2D eigenvalue weighted by molar-refractivity contribution is 7.89. The van der Waals surface area contributed by atoms with Gasteiger partial charge in [-0.15, -0.1) is 6.58 Å². The maximum Gasteiger partial charge on any atom is 0.251 e. The first-order chi connectivity index (χ1) is 15.0. The molecule has 8 heteroatoms. The van der Waals surface area contributed by atoms with Crippen LogP contribution in [0.4, 0.5) is 0 Å². The molecule has 1 fully saturated rings. The van der Waals surface area contributed by atoms with Crippen LogP contribution in [0.25, 0.3) is 0 Å². The molecule has 2 aromatic rings. The number of methoxy groups -OCH3 is 1. The van der Waals surface area contributed by atoms with E-state index < -0.39 is 10.0 Å². The lowest BCUT2D eigenvalue weighted by molar-refractivity contribution is 0.0947. The zero-order chi connectivity index (χ0) is 22.3. The normalized spacial score (nSPS) is 14.2. The lowest BCUT2D eigenvalue weighted by atomic mass is 10.1. The molecule has 7 nitrogen and oxygen atoms in total. The number of amides is 1. The van der Waals surface area contributed by atoms with E-state index in [-0.39, 0.29) is 17.4 Å². The molecule has 2 aromatic carbocycles. The van der Waals surface area contributed by atoms with E-state index in [4.69, 9.17) is 9.47 Å². The van der Waals surface area contributed by atoms with Crippen LogP contribution in [0.1, 0.15) is 28.8 Å². The number of nitrogens with zero attached hydrogens (tertiary/aromatic N) is 1. The Kier molecular flexibility index (Phi) is 7.70. The second-order valence-electron chi connectivity index (χ2n) is 7.21.